The first-order valence-corrected chi connectivity index (χ1v) is 25.6. The summed E-state index contributed by atoms with van der Waals surface area (Å²) in [6.07, 6.45) is -0.317. The summed E-state index contributed by atoms with van der Waals surface area (Å²) in [5.74, 6) is 2.71. The number of alkyl halides is 6. The molecule has 0 radical (unpaired) electrons. The molecule has 5 heterocycles. The van der Waals surface area contributed by atoms with E-state index in [-0.39, 0.29) is 16.7 Å². The monoisotopic (exact) mass is 1120 g/mol. The lowest BCUT2D eigenvalue weighted by Gasteiger charge is -2.34. The molecule has 6 amide bonds. The highest BCUT2D eigenvalue weighted by Gasteiger charge is 2.64. The number of fused-ring (bicyclic) bond motifs is 3. The Bertz CT molecular complexity index is 2700. The molecule has 3 aromatic heterocycles. The smallest absolute Gasteiger partial charge is 0.349 e. The number of likely N-dealkylation sites (tertiary alicyclic amines) is 2. The molecule has 7 rings (SSSR count). The summed E-state index contributed by atoms with van der Waals surface area (Å²) < 4.78 is 76.8. The maximum Gasteiger partial charge on any atom is 0.471 e. The number of rotatable bonds is 12. The van der Waals surface area contributed by atoms with Crippen LogP contribution in [0.1, 0.15) is 123 Å². The Labute approximate surface area is 457 Å². The van der Waals surface area contributed by atoms with E-state index in [9.17, 15) is 55.1 Å². The van der Waals surface area contributed by atoms with Crippen LogP contribution < -0.4 is 32.1 Å². The largest absolute Gasteiger partial charge is 0.471 e. The summed E-state index contributed by atoms with van der Waals surface area (Å²) in [4.78, 5) is 80.0. The highest BCUT2D eigenvalue weighted by Crippen LogP contribution is 2.63. The zero-order valence-corrected chi connectivity index (χ0v) is 47.4. The standard InChI is InChI=1S/2C15H23F3N2O2.C12H17N5O.C12H12N4O/c2*1-13(2,3)10(19-12(22)15(16,17)18)11(21)20-6-8-9(7-20)14(8,4)5;1-8(2)9-5-15-6-10(12(9)17(3)14)11(4-13)16-7-18;1-8-6-16(2)11-5-14-4-9(12(8)11)10(3-13)15-7-17/h2*8-10H,6-7H2,1-5H3,(H,19,22);5-8,11H,14H2,1-3H3,(H,16,18);4-7,10H,1-2H3,(H,15,17)/t8-,9?,10-;8-,9+,10-;;/m11../s1. The average molecular weight is 1120 g/mol. The number of carbonyl (C=O) groups excluding carboxylic acids is 6. The van der Waals surface area contributed by atoms with Crippen molar-refractivity contribution in [2.45, 2.75) is 132 Å². The number of hydrogen-bond acceptors (Lipinski definition) is 12. The molecule has 4 fully saturated rings. The molecule has 3 unspecified atom stereocenters. The number of carbonyl (C=O) groups is 6. The van der Waals surface area contributed by atoms with Gasteiger partial charge in [0.15, 0.2) is 0 Å². The first-order chi connectivity index (χ1) is 36.2. The Morgan fingerprint density at radius 3 is 1.38 bits per heavy atom. The van der Waals surface area contributed by atoms with Gasteiger partial charge in [0.25, 0.3) is 0 Å². The average Bonchev–Trinajstić information content (AvgIpc) is 4.01. The molecule has 2 saturated heterocycles. The van der Waals surface area contributed by atoms with Crippen molar-refractivity contribution in [1.82, 2.24) is 45.6 Å². The first kappa shape index (κ1) is 64.5. The molecule has 2 saturated carbocycles. The molecule has 4 aliphatic rings. The zero-order valence-electron chi connectivity index (χ0n) is 47.4. The molecule has 2 aliphatic heterocycles. The van der Waals surface area contributed by atoms with Gasteiger partial charge in [-0.2, -0.15) is 36.9 Å². The Kier molecular flexibility index (Phi) is 19.7. The predicted octanol–water partition coefficient (Wildman–Crippen LogP) is 6.41. The van der Waals surface area contributed by atoms with E-state index in [2.05, 4.69) is 54.4 Å². The number of amides is 6. The summed E-state index contributed by atoms with van der Waals surface area (Å²) in [5, 5.41) is 29.2. The van der Waals surface area contributed by atoms with Crippen LogP contribution in [0.25, 0.3) is 10.9 Å². The van der Waals surface area contributed by atoms with Crippen molar-refractivity contribution in [3.63, 3.8) is 0 Å². The van der Waals surface area contributed by atoms with E-state index in [1.165, 1.54) is 5.01 Å². The highest BCUT2D eigenvalue weighted by atomic mass is 19.4. The van der Waals surface area contributed by atoms with Crippen LogP contribution in [0, 0.1) is 74.9 Å². The van der Waals surface area contributed by atoms with E-state index in [0.29, 0.717) is 68.2 Å². The van der Waals surface area contributed by atoms with Crippen LogP contribution in [0.2, 0.25) is 0 Å². The van der Waals surface area contributed by atoms with Gasteiger partial charge in [-0.1, -0.05) is 83.1 Å². The number of pyridine rings is 2. The summed E-state index contributed by atoms with van der Waals surface area (Å²) in [6.45, 7) is 26.7. The number of nitrogens with zero attached hydrogens (tertiary/aromatic N) is 8. The summed E-state index contributed by atoms with van der Waals surface area (Å²) in [7, 11) is 3.62. The lowest BCUT2D eigenvalue weighted by Crippen LogP contribution is -2.57. The van der Waals surface area contributed by atoms with Crippen molar-refractivity contribution in [3.05, 3.63) is 53.2 Å². The minimum Gasteiger partial charge on any atom is -0.349 e. The fraction of sp³-hybridized carbons (Fsp3) is 0.630. The Hall–Kier alpha value is -7.02. The van der Waals surface area contributed by atoms with Crippen molar-refractivity contribution < 1.29 is 55.1 Å². The minimum atomic E-state index is -4.99. The zero-order chi connectivity index (χ0) is 60.3. The van der Waals surface area contributed by atoms with E-state index in [0.717, 1.165) is 33.3 Å². The molecular formula is C54H75F6N13O6. The van der Waals surface area contributed by atoms with Crippen molar-refractivity contribution in [1.29, 1.82) is 10.5 Å². The number of anilines is 1. The van der Waals surface area contributed by atoms with Gasteiger partial charge in [-0.3, -0.25) is 38.7 Å². The molecule has 0 aromatic carbocycles. The number of aryl methyl sites for hydroxylation is 2. The van der Waals surface area contributed by atoms with Crippen LogP contribution in [-0.2, 0) is 35.8 Å². The summed E-state index contributed by atoms with van der Waals surface area (Å²) in [6, 6.07) is 0.298. The van der Waals surface area contributed by atoms with Crippen LogP contribution in [0.4, 0.5) is 32.0 Å². The van der Waals surface area contributed by atoms with Gasteiger partial charge in [-0.05, 0) is 69.3 Å². The fourth-order valence-corrected chi connectivity index (χ4v) is 10.6. The number of halogens is 6. The second-order valence-corrected chi connectivity index (χ2v) is 24.3. The number of hydrogen-bond donors (Lipinski definition) is 5. The summed E-state index contributed by atoms with van der Waals surface area (Å²) >= 11 is 0. The number of nitriles is 2. The minimum absolute atomic E-state index is 0.212. The van der Waals surface area contributed by atoms with Crippen LogP contribution in [-0.4, -0.2) is 118 Å². The van der Waals surface area contributed by atoms with Gasteiger partial charge in [0.2, 0.25) is 24.6 Å². The highest BCUT2D eigenvalue weighted by molar-refractivity contribution is 5.92. The maximum absolute atomic E-state index is 12.6. The lowest BCUT2D eigenvalue weighted by molar-refractivity contribution is -0.176. The molecule has 8 atom stereocenters. The molecule has 0 spiro atoms. The third kappa shape index (κ3) is 14.8. The van der Waals surface area contributed by atoms with E-state index < -0.39 is 71.0 Å². The van der Waals surface area contributed by atoms with Crippen LogP contribution in [0.3, 0.4) is 0 Å². The van der Waals surface area contributed by atoms with Gasteiger partial charge < -0.3 is 40.6 Å². The molecular weight excluding hydrogens is 1040 g/mol. The molecule has 6 N–H and O–H groups in total. The number of aromatic nitrogens is 3. The Morgan fingerprint density at radius 1 is 0.696 bits per heavy atom. The van der Waals surface area contributed by atoms with Gasteiger partial charge >= 0.3 is 24.2 Å². The Balaban J connectivity index is 0.000000228. The van der Waals surface area contributed by atoms with E-state index in [1.54, 1.807) is 83.2 Å². The van der Waals surface area contributed by atoms with Crippen molar-refractivity contribution >= 4 is 53.0 Å². The molecule has 2 aliphatic carbocycles. The predicted molar refractivity (Wildman–Crippen MR) is 281 cm³/mol. The number of piperidine rings is 2. The topological polar surface area (TPSA) is 265 Å². The number of hydrazine groups is 1. The third-order valence-electron chi connectivity index (χ3n) is 15.6. The van der Waals surface area contributed by atoms with Crippen LogP contribution >= 0.6 is 0 Å². The second kappa shape index (κ2) is 24.1. The van der Waals surface area contributed by atoms with Gasteiger partial charge in [0.05, 0.1) is 29.5 Å². The second-order valence-electron chi connectivity index (χ2n) is 24.3. The SMILES string of the molecule is CC(C)(C)[C@H](NC(=O)C(F)(F)F)C(=O)N1CC2[C@@H](C1)C2(C)C.CC(C)(C)[C@H](NC(=O)C(F)(F)F)C(=O)N1C[C@@H]2[C@H](C1)C2(C)C.CC(C)c1cncc(C(C#N)NC=O)c1N(C)N.Cc1cn(C)c2cncc(C(C#N)NC=O)c12. The molecule has 434 valence electrons. The van der Waals surface area contributed by atoms with Gasteiger partial charge in [-0.25, -0.2) is 5.84 Å². The van der Waals surface area contributed by atoms with Gasteiger partial charge in [0, 0.05) is 81.6 Å². The third-order valence-corrected chi connectivity index (χ3v) is 15.6. The Morgan fingerprint density at radius 2 is 1.05 bits per heavy atom. The van der Waals surface area contributed by atoms with Gasteiger partial charge in [0.1, 0.15) is 24.2 Å². The molecule has 3 aromatic rings. The maximum atomic E-state index is 12.6. The van der Waals surface area contributed by atoms with Crippen molar-refractivity contribution in [2.75, 3.05) is 38.2 Å². The fourth-order valence-electron chi connectivity index (χ4n) is 10.6. The van der Waals surface area contributed by atoms with Gasteiger partial charge in [-0.15, -0.1) is 0 Å². The van der Waals surface area contributed by atoms with Crippen molar-refractivity contribution in [3.8, 4) is 12.1 Å². The lowest BCUT2D eigenvalue weighted by atomic mass is 9.85. The molecule has 79 heavy (non-hydrogen) atoms. The quantitative estimate of drug-likeness (QED) is 0.0571. The molecule has 19 nitrogen and oxygen atoms in total. The normalized spacial score (nSPS) is 20.9. The summed E-state index contributed by atoms with van der Waals surface area (Å²) in [5.41, 5.74) is 3.84. The number of nitrogens with two attached hydrogens (primary N) is 1. The molecule has 0 bridgehead atoms. The van der Waals surface area contributed by atoms with E-state index in [1.807, 2.05) is 55.3 Å². The van der Waals surface area contributed by atoms with Crippen LogP contribution in [0.5, 0.6) is 0 Å². The first-order valence-electron chi connectivity index (χ1n) is 25.6. The van der Waals surface area contributed by atoms with E-state index >= 15 is 0 Å². The van der Waals surface area contributed by atoms with Crippen molar-refractivity contribution in [2.24, 2.45) is 58.2 Å². The number of nitrogens with one attached hydrogen (secondary N) is 4. The molecule has 25 heteroatoms. The van der Waals surface area contributed by atoms with E-state index in [4.69, 9.17) is 16.4 Å². The van der Waals surface area contributed by atoms with Crippen LogP contribution in [0.15, 0.2) is 31.0 Å².